The Kier molecular flexibility index (Phi) is 8.32. The minimum atomic E-state index is -0.334. The number of carbonyl (C=O) groups is 2. The van der Waals surface area contributed by atoms with Crippen molar-refractivity contribution in [3.63, 3.8) is 0 Å². The van der Waals surface area contributed by atoms with Crippen LogP contribution in [0.5, 0.6) is 0 Å². The van der Waals surface area contributed by atoms with Crippen LogP contribution >= 0.6 is 12.4 Å². The first-order valence-electron chi connectivity index (χ1n) is 12.3. The summed E-state index contributed by atoms with van der Waals surface area (Å²) in [6.07, 6.45) is 4.71. The number of Topliss-reactive ketones (excluding diaryl/α,β-unsaturated/α-hetero) is 2. The smallest absolute Gasteiger partial charge is 0.171 e. The van der Waals surface area contributed by atoms with Gasteiger partial charge in [0.2, 0.25) is 0 Å². The Bertz CT molecular complexity index is 1200. The molecule has 2 aliphatic rings. The van der Waals surface area contributed by atoms with E-state index in [0.29, 0.717) is 34.6 Å². The molecule has 0 amide bonds. The van der Waals surface area contributed by atoms with Gasteiger partial charge in [-0.05, 0) is 100 Å². The Morgan fingerprint density at radius 2 is 1.61 bits per heavy atom. The third kappa shape index (κ3) is 5.57. The highest BCUT2D eigenvalue weighted by Gasteiger charge is 2.34. The van der Waals surface area contributed by atoms with Crippen molar-refractivity contribution in [3.05, 3.63) is 77.1 Å². The second kappa shape index (κ2) is 11.4. The molecule has 5 nitrogen and oxygen atoms in total. The number of carbonyl (C=O) groups excluding carboxylic acids is 2. The number of piperidine rings is 1. The van der Waals surface area contributed by atoms with Gasteiger partial charge in [-0.15, -0.1) is 12.4 Å². The third-order valence-electron chi connectivity index (χ3n) is 7.33. The first-order chi connectivity index (χ1) is 17.0. The molecule has 190 valence electrons. The Morgan fingerprint density at radius 3 is 2.28 bits per heavy atom. The monoisotopic (exact) mass is 514 g/mol. The lowest BCUT2D eigenvalue weighted by atomic mass is 9.82. The van der Waals surface area contributed by atoms with E-state index in [1.165, 1.54) is 24.3 Å². The maximum absolute atomic E-state index is 13.3. The summed E-state index contributed by atoms with van der Waals surface area (Å²) in [6, 6.07) is 11.8. The topological polar surface area (TPSA) is 63.4 Å². The number of benzene rings is 2. The number of nitrogens with zero attached hydrogens (tertiary/aromatic N) is 2. The normalized spacial score (nSPS) is 18.5. The van der Waals surface area contributed by atoms with Crippen LogP contribution in [0.1, 0.15) is 58.6 Å². The lowest BCUT2D eigenvalue weighted by molar-refractivity contribution is 0.0825. The molecule has 0 saturated carbocycles. The zero-order chi connectivity index (χ0) is 24.4. The number of hydrogen-bond donors (Lipinski definition) is 0. The third-order valence-corrected chi connectivity index (χ3v) is 7.33. The van der Waals surface area contributed by atoms with E-state index in [0.717, 1.165) is 51.7 Å². The highest BCUT2D eigenvalue weighted by atomic mass is 35.5. The second-order valence-corrected chi connectivity index (χ2v) is 9.57. The number of rotatable bonds is 7. The summed E-state index contributed by atoms with van der Waals surface area (Å²) in [4.78, 5) is 28.3. The van der Waals surface area contributed by atoms with Gasteiger partial charge in [0.05, 0.1) is 5.56 Å². The second-order valence-electron chi connectivity index (χ2n) is 9.57. The van der Waals surface area contributed by atoms with Crippen molar-refractivity contribution < 1.29 is 22.9 Å². The van der Waals surface area contributed by atoms with Gasteiger partial charge in [0.15, 0.2) is 11.6 Å². The molecule has 1 aliphatic carbocycles. The fraction of sp³-hybridized carbons (Fsp3) is 0.393. The molecule has 1 unspecified atom stereocenters. The fourth-order valence-corrected chi connectivity index (χ4v) is 5.30. The van der Waals surface area contributed by atoms with Crippen LogP contribution < -0.4 is 0 Å². The maximum atomic E-state index is 13.3. The Hall–Kier alpha value is -2.90. The molecule has 1 aliphatic heterocycles. The minimum absolute atomic E-state index is 0. The van der Waals surface area contributed by atoms with E-state index in [1.54, 1.807) is 24.3 Å². The van der Waals surface area contributed by atoms with E-state index in [2.05, 4.69) is 10.1 Å². The van der Waals surface area contributed by atoms with Crippen LogP contribution in [0, 0.1) is 23.5 Å². The molecule has 0 N–H and O–H groups in total. The molecule has 3 aromatic rings. The zero-order valence-electron chi connectivity index (χ0n) is 19.9. The number of fused-ring (bicyclic) bond motifs is 1. The summed E-state index contributed by atoms with van der Waals surface area (Å²) < 4.78 is 31.9. The number of ketones is 2. The van der Waals surface area contributed by atoms with Crippen LogP contribution in [-0.4, -0.2) is 41.3 Å². The van der Waals surface area contributed by atoms with E-state index in [-0.39, 0.29) is 47.4 Å². The molecule has 1 fully saturated rings. The van der Waals surface area contributed by atoms with Crippen LogP contribution in [0.15, 0.2) is 53.1 Å². The van der Waals surface area contributed by atoms with Crippen molar-refractivity contribution >= 4 is 24.0 Å². The molecular weight excluding hydrogens is 486 g/mol. The van der Waals surface area contributed by atoms with E-state index in [9.17, 15) is 18.4 Å². The van der Waals surface area contributed by atoms with E-state index >= 15 is 0 Å². The molecule has 0 spiro atoms. The predicted octanol–water partition coefficient (Wildman–Crippen LogP) is 6.16. The first-order valence-corrected chi connectivity index (χ1v) is 12.3. The summed E-state index contributed by atoms with van der Waals surface area (Å²) in [7, 11) is 0. The summed E-state index contributed by atoms with van der Waals surface area (Å²) in [5.41, 5.74) is 2.31. The molecular formula is C28H29ClF2N2O3. The molecule has 8 heteroatoms. The average Bonchev–Trinajstić information content (AvgIpc) is 3.31. The van der Waals surface area contributed by atoms with Gasteiger partial charge in [-0.2, -0.15) is 0 Å². The summed E-state index contributed by atoms with van der Waals surface area (Å²) in [6.45, 7) is 2.59. The van der Waals surface area contributed by atoms with Crippen molar-refractivity contribution in [2.45, 2.75) is 38.5 Å². The fourth-order valence-electron chi connectivity index (χ4n) is 5.30. The molecule has 1 saturated heterocycles. The van der Waals surface area contributed by atoms with Gasteiger partial charge in [-0.25, -0.2) is 8.78 Å². The van der Waals surface area contributed by atoms with Gasteiger partial charge in [-0.1, -0.05) is 5.16 Å². The standard InChI is InChI=1S/C28H28F2N2O3.ClH/c29-22-8-3-18(4-9-22)26-25-24(35-31-26)12-7-19(28(25)34)2-1-15-32-16-13-21(14-17-32)27(33)20-5-10-23(30)11-6-20;/h3-6,8-11,19,21H,1-2,7,12-17H2;1H. The van der Waals surface area contributed by atoms with E-state index in [1.807, 2.05) is 0 Å². The highest BCUT2D eigenvalue weighted by molar-refractivity contribution is 6.04. The molecule has 5 rings (SSSR count). The van der Waals surface area contributed by atoms with Gasteiger partial charge >= 0.3 is 0 Å². The van der Waals surface area contributed by atoms with Gasteiger partial charge in [-0.3, -0.25) is 9.59 Å². The minimum Gasteiger partial charge on any atom is -0.360 e. The van der Waals surface area contributed by atoms with Crippen molar-refractivity contribution in [2.75, 3.05) is 19.6 Å². The van der Waals surface area contributed by atoms with Gasteiger partial charge in [0.25, 0.3) is 0 Å². The SMILES string of the molecule is Cl.O=C(c1ccc(F)cc1)C1CCN(CCCC2CCc3onc(-c4ccc(F)cc4)c3C2=O)CC1. The molecule has 36 heavy (non-hydrogen) atoms. The first kappa shape index (κ1) is 26.2. The maximum Gasteiger partial charge on any atom is 0.171 e. The van der Waals surface area contributed by atoms with Crippen LogP contribution in [0.3, 0.4) is 0 Å². The number of likely N-dealkylation sites (tertiary alicyclic amines) is 1. The quantitative estimate of drug-likeness (QED) is 0.353. The zero-order valence-corrected chi connectivity index (χ0v) is 20.7. The Labute approximate surface area is 215 Å². The molecule has 2 heterocycles. The van der Waals surface area contributed by atoms with Gasteiger partial charge < -0.3 is 9.42 Å². The Balaban J connectivity index is 0.00000304. The van der Waals surface area contributed by atoms with Crippen molar-refractivity contribution in [2.24, 2.45) is 11.8 Å². The van der Waals surface area contributed by atoms with Gasteiger partial charge in [0, 0.05) is 29.4 Å². The van der Waals surface area contributed by atoms with Crippen LogP contribution in [0.25, 0.3) is 11.3 Å². The van der Waals surface area contributed by atoms with Gasteiger partial charge in [0.1, 0.15) is 23.1 Å². The molecule has 0 radical (unpaired) electrons. The lowest BCUT2D eigenvalue weighted by Gasteiger charge is -2.31. The number of aryl methyl sites for hydroxylation is 1. The van der Waals surface area contributed by atoms with E-state index in [4.69, 9.17) is 4.52 Å². The summed E-state index contributed by atoms with van der Waals surface area (Å²) in [5, 5.41) is 4.11. The highest BCUT2D eigenvalue weighted by Crippen LogP contribution is 2.35. The number of hydrogen-bond acceptors (Lipinski definition) is 5. The van der Waals surface area contributed by atoms with Crippen LogP contribution in [-0.2, 0) is 6.42 Å². The van der Waals surface area contributed by atoms with Crippen molar-refractivity contribution in [3.8, 4) is 11.3 Å². The molecule has 0 bridgehead atoms. The van der Waals surface area contributed by atoms with Crippen LogP contribution in [0.2, 0.25) is 0 Å². The largest absolute Gasteiger partial charge is 0.360 e. The Morgan fingerprint density at radius 1 is 0.972 bits per heavy atom. The predicted molar refractivity (Wildman–Crippen MR) is 134 cm³/mol. The summed E-state index contributed by atoms with van der Waals surface area (Å²) in [5.74, 6) is 0.0268. The number of aromatic nitrogens is 1. The van der Waals surface area contributed by atoms with Crippen molar-refractivity contribution in [1.82, 2.24) is 10.1 Å². The average molecular weight is 515 g/mol. The molecule has 1 aromatic heterocycles. The molecule has 2 aromatic carbocycles. The summed E-state index contributed by atoms with van der Waals surface area (Å²) >= 11 is 0. The van der Waals surface area contributed by atoms with Crippen LogP contribution in [0.4, 0.5) is 8.78 Å². The lowest BCUT2D eigenvalue weighted by Crippen LogP contribution is -2.37. The number of halogens is 3. The molecule has 1 atom stereocenters. The van der Waals surface area contributed by atoms with E-state index < -0.39 is 0 Å². The van der Waals surface area contributed by atoms with Crippen molar-refractivity contribution in [1.29, 1.82) is 0 Å².